The van der Waals surface area contributed by atoms with Crippen molar-refractivity contribution in [1.82, 2.24) is 4.90 Å². The van der Waals surface area contributed by atoms with E-state index in [4.69, 9.17) is 4.74 Å². The van der Waals surface area contributed by atoms with Crippen LogP contribution in [0.1, 0.15) is 28.4 Å². The molecular formula is C24H22FNO3. The van der Waals surface area contributed by atoms with Crippen LogP contribution in [0.25, 0.3) is 0 Å². The van der Waals surface area contributed by atoms with Gasteiger partial charge in [-0.05, 0) is 48.9 Å². The highest BCUT2D eigenvalue weighted by Crippen LogP contribution is 2.16. The van der Waals surface area contributed by atoms with E-state index in [-0.39, 0.29) is 24.1 Å². The molecule has 0 fully saturated rings. The van der Waals surface area contributed by atoms with Gasteiger partial charge < -0.3 is 9.64 Å². The summed E-state index contributed by atoms with van der Waals surface area (Å²) in [5.74, 6) is -0.0844. The van der Waals surface area contributed by atoms with E-state index in [9.17, 15) is 14.0 Å². The Balaban J connectivity index is 1.57. The molecule has 0 aliphatic carbocycles. The van der Waals surface area contributed by atoms with Crippen LogP contribution in [-0.2, 0) is 11.3 Å². The zero-order valence-electron chi connectivity index (χ0n) is 16.2. The average Bonchev–Trinajstić information content (AvgIpc) is 2.76. The molecule has 1 amide bonds. The Morgan fingerprint density at radius 3 is 2.24 bits per heavy atom. The molecule has 0 spiro atoms. The van der Waals surface area contributed by atoms with Crippen LogP contribution in [0.5, 0.6) is 5.75 Å². The monoisotopic (exact) mass is 391 g/mol. The number of amides is 1. The standard InChI is InChI=1S/C24H22FNO3/c1-2-26(16-18-7-6-10-21(25)15-18)23(27)17-29-22-13-11-20(12-14-22)24(28)19-8-4-3-5-9-19/h3-15H,2,16-17H2,1H3. The first kappa shape index (κ1) is 20.3. The van der Waals surface area contributed by atoms with Crippen molar-refractivity contribution in [3.05, 3.63) is 101 Å². The zero-order chi connectivity index (χ0) is 20.6. The molecule has 0 aliphatic heterocycles. The number of hydrogen-bond donors (Lipinski definition) is 0. The van der Waals surface area contributed by atoms with Gasteiger partial charge >= 0.3 is 0 Å². The van der Waals surface area contributed by atoms with Gasteiger partial charge in [0.15, 0.2) is 12.4 Å². The summed E-state index contributed by atoms with van der Waals surface area (Å²) >= 11 is 0. The molecular weight excluding hydrogens is 369 g/mol. The second-order valence-electron chi connectivity index (χ2n) is 6.55. The lowest BCUT2D eigenvalue weighted by atomic mass is 10.0. The topological polar surface area (TPSA) is 46.6 Å². The first-order valence-electron chi connectivity index (χ1n) is 9.41. The molecule has 3 aromatic rings. The summed E-state index contributed by atoms with van der Waals surface area (Å²) in [6.45, 7) is 2.54. The lowest BCUT2D eigenvalue weighted by Gasteiger charge is -2.21. The summed E-state index contributed by atoms with van der Waals surface area (Å²) in [4.78, 5) is 26.5. The first-order valence-corrected chi connectivity index (χ1v) is 9.41. The predicted molar refractivity (Wildman–Crippen MR) is 109 cm³/mol. The van der Waals surface area contributed by atoms with Gasteiger partial charge in [0.05, 0.1) is 0 Å². The van der Waals surface area contributed by atoms with Crippen molar-refractivity contribution in [3.63, 3.8) is 0 Å². The van der Waals surface area contributed by atoms with Crippen molar-refractivity contribution in [2.45, 2.75) is 13.5 Å². The highest BCUT2D eigenvalue weighted by atomic mass is 19.1. The highest BCUT2D eigenvalue weighted by molar-refractivity contribution is 6.08. The van der Waals surface area contributed by atoms with Crippen LogP contribution in [0.2, 0.25) is 0 Å². The van der Waals surface area contributed by atoms with Crippen LogP contribution in [0.3, 0.4) is 0 Å². The molecule has 0 bridgehead atoms. The third-order valence-electron chi connectivity index (χ3n) is 4.51. The van der Waals surface area contributed by atoms with Crippen molar-refractivity contribution in [3.8, 4) is 5.75 Å². The molecule has 0 radical (unpaired) electrons. The van der Waals surface area contributed by atoms with E-state index in [0.717, 1.165) is 5.56 Å². The molecule has 0 saturated carbocycles. The minimum atomic E-state index is -0.326. The molecule has 3 rings (SSSR count). The predicted octanol–water partition coefficient (Wildman–Crippen LogP) is 4.48. The Labute approximate surface area is 169 Å². The van der Waals surface area contributed by atoms with Gasteiger partial charge in [0, 0.05) is 24.2 Å². The van der Waals surface area contributed by atoms with Gasteiger partial charge in [-0.2, -0.15) is 0 Å². The summed E-state index contributed by atoms with van der Waals surface area (Å²) < 4.78 is 18.9. The largest absolute Gasteiger partial charge is 0.484 e. The fourth-order valence-corrected chi connectivity index (χ4v) is 2.93. The van der Waals surface area contributed by atoms with E-state index in [1.54, 1.807) is 53.4 Å². The molecule has 5 heteroatoms. The van der Waals surface area contributed by atoms with Gasteiger partial charge in [-0.15, -0.1) is 0 Å². The zero-order valence-corrected chi connectivity index (χ0v) is 16.2. The number of carbonyl (C=O) groups excluding carboxylic acids is 2. The molecule has 29 heavy (non-hydrogen) atoms. The number of benzene rings is 3. The molecule has 148 valence electrons. The Kier molecular flexibility index (Phi) is 6.74. The SMILES string of the molecule is CCN(Cc1cccc(F)c1)C(=O)COc1ccc(C(=O)c2ccccc2)cc1. The maximum absolute atomic E-state index is 13.3. The van der Waals surface area contributed by atoms with Gasteiger partial charge in [0.25, 0.3) is 5.91 Å². The van der Waals surface area contributed by atoms with E-state index in [0.29, 0.717) is 30.0 Å². The number of nitrogens with zero attached hydrogens (tertiary/aromatic N) is 1. The fraction of sp³-hybridized carbons (Fsp3) is 0.167. The molecule has 0 saturated heterocycles. The van der Waals surface area contributed by atoms with Crippen LogP contribution < -0.4 is 4.74 Å². The van der Waals surface area contributed by atoms with E-state index in [1.165, 1.54) is 12.1 Å². The normalized spacial score (nSPS) is 10.4. The molecule has 4 nitrogen and oxygen atoms in total. The van der Waals surface area contributed by atoms with Gasteiger partial charge in [-0.25, -0.2) is 4.39 Å². The van der Waals surface area contributed by atoms with Crippen LogP contribution in [0.4, 0.5) is 4.39 Å². The van der Waals surface area contributed by atoms with Crippen molar-refractivity contribution in [2.24, 2.45) is 0 Å². The van der Waals surface area contributed by atoms with Crippen molar-refractivity contribution < 1.29 is 18.7 Å². The van der Waals surface area contributed by atoms with Gasteiger partial charge in [-0.3, -0.25) is 9.59 Å². The third-order valence-corrected chi connectivity index (χ3v) is 4.51. The minimum Gasteiger partial charge on any atom is -0.484 e. The third kappa shape index (κ3) is 5.51. The second kappa shape index (κ2) is 9.64. The molecule has 3 aromatic carbocycles. The number of halogens is 1. The highest BCUT2D eigenvalue weighted by Gasteiger charge is 2.14. The number of carbonyl (C=O) groups is 2. The van der Waals surface area contributed by atoms with E-state index < -0.39 is 0 Å². The van der Waals surface area contributed by atoms with Crippen molar-refractivity contribution in [2.75, 3.05) is 13.2 Å². The maximum Gasteiger partial charge on any atom is 0.260 e. The molecule has 0 N–H and O–H groups in total. The molecule has 0 unspecified atom stereocenters. The Hall–Kier alpha value is -3.47. The Morgan fingerprint density at radius 2 is 1.59 bits per heavy atom. The van der Waals surface area contributed by atoms with Crippen molar-refractivity contribution in [1.29, 1.82) is 0 Å². The Morgan fingerprint density at radius 1 is 0.897 bits per heavy atom. The molecule has 0 atom stereocenters. The molecule has 0 aliphatic rings. The average molecular weight is 391 g/mol. The number of hydrogen-bond acceptors (Lipinski definition) is 3. The van der Waals surface area contributed by atoms with Crippen LogP contribution in [-0.4, -0.2) is 29.7 Å². The lowest BCUT2D eigenvalue weighted by molar-refractivity contribution is -0.133. The number of likely N-dealkylation sites (N-methyl/N-ethyl adjacent to an activating group) is 1. The number of ether oxygens (including phenoxy) is 1. The van der Waals surface area contributed by atoms with Crippen LogP contribution >= 0.6 is 0 Å². The molecule has 0 aromatic heterocycles. The van der Waals surface area contributed by atoms with Crippen LogP contribution in [0, 0.1) is 5.82 Å². The Bertz CT molecular complexity index is 971. The summed E-state index contributed by atoms with van der Waals surface area (Å²) in [7, 11) is 0. The summed E-state index contributed by atoms with van der Waals surface area (Å²) in [6.07, 6.45) is 0. The van der Waals surface area contributed by atoms with Gasteiger partial charge in [0.2, 0.25) is 0 Å². The van der Waals surface area contributed by atoms with Gasteiger partial charge in [-0.1, -0.05) is 42.5 Å². The second-order valence-corrected chi connectivity index (χ2v) is 6.55. The summed E-state index contributed by atoms with van der Waals surface area (Å²) in [6, 6.07) is 21.9. The summed E-state index contributed by atoms with van der Waals surface area (Å²) in [5.41, 5.74) is 1.90. The first-order chi connectivity index (χ1) is 14.1. The van der Waals surface area contributed by atoms with E-state index in [2.05, 4.69) is 0 Å². The van der Waals surface area contributed by atoms with Crippen LogP contribution in [0.15, 0.2) is 78.9 Å². The number of rotatable bonds is 8. The quantitative estimate of drug-likeness (QED) is 0.532. The van der Waals surface area contributed by atoms with E-state index >= 15 is 0 Å². The van der Waals surface area contributed by atoms with Gasteiger partial charge in [0.1, 0.15) is 11.6 Å². The van der Waals surface area contributed by atoms with E-state index in [1.807, 2.05) is 25.1 Å². The smallest absolute Gasteiger partial charge is 0.260 e. The lowest BCUT2D eigenvalue weighted by Crippen LogP contribution is -2.34. The maximum atomic E-state index is 13.3. The van der Waals surface area contributed by atoms with Crippen molar-refractivity contribution >= 4 is 11.7 Å². The minimum absolute atomic E-state index is 0.0690. The number of ketones is 1. The fourth-order valence-electron chi connectivity index (χ4n) is 2.93. The summed E-state index contributed by atoms with van der Waals surface area (Å²) in [5, 5.41) is 0. The molecule has 0 heterocycles.